The number of aryl methyl sites for hydroxylation is 1. The number of rotatable bonds is 8. The molecule has 2 heterocycles. The van der Waals surface area contributed by atoms with E-state index in [0.717, 1.165) is 43.7 Å². The average molecular weight is 493 g/mol. The van der Waals surface area contributed by atoms with E-state index in [4.69, 9.17) is 9.47 Å². The van der Waals surface area contributed by atoms with Gasteiger partial charge in [-0.1, -0.05) is 12.1 Å². The van der Waals surface area contributed by atoms with Crippen LogP contribution in [-0.4, -0.2) is 54.5 Å². The second-order valence-corrected chi connectivity index (χ2v) is 9.43. The van der Waals surface area contributed by atoms with Crippen LogP contribution in [0, 0.1) is 12.8 Å². The summed E-state index contributed by atoms with van der Waals surface area (Å²) in [5.41, 5.74) is 3.76. The summed E-state index contributed by atoms with van der Waals surface area (Å²) in [7, 11) is 0. The summed E-state index contributed by atoms with van der Waals surface area (Å²) >= 11 is 0. The van der Waals surface area contributed by atoms with Crippen LogP contribution in [0.4, 0.5) is 5.69 Å². The lowest BCUT2D eigenvalue weighted by Crippen LogP contribution is -2.39. The van der Waals surface area contributed by atoms with Crippen LogP contribution >= 0.6 is 0 Å². The number of nitrogens with zero attached hydrogens (tertiary/aromatic N) is 2. The molecule has 36 heavy (non-hydrogen) atoms. The molecule has 0 aliphatic carbocycles. The molecule has 2 aliphatic rings. The third-order valence-electron chi connectivity index (χ3n) is 7.05. The predicted molar refractivity (Wildman–Crippen MR) is 140 cm³/mol. The van der Waals surface area contributed by atoms with Crippen molar-refractivity contribution in [1.29, 1.82) is 0 Å². The van der Waals surface area contributed by atoms with Gasteiger partial charge in [-0.3, -0.25) is 14.5 Å². The zero-order valence-corrected chi connectivity index (χ0v) is 21.7. The van der Waals surface area contributed by atoms with E-state index in [-0.39, 0.29) is 29.2 Å². The van der Waals surface area contributed by atoms with E-state index in [9.17, 15) is 14.7 Å². The second-order valence-electron chi connectivity index (χ2n) is 9.43. The van der Waals surface area contributed by atoms with Gasteiger partial charge >= 0.3 is 5.97 Å². The van der Waals surface area contributed by atoms with Gasteiger partial charge in [-0.2, -0.15) is 0 Å². The van der Waals surface area contributed by atoms with E-state index in [1.807, 2.05) is 38.1 Å². The average Bonchev–Trinajstić information content (AvgIpc) is 3.20. The van der Waals surface area contributed by atoms with Gasteiger partial charge < -0.3 is 19.5 Å². The Morgan fingerprint density at radius 2 is 1.94 bits per heavy atom. The van der Waals surface area contributed by atoms with Crippen LogP contribution in [-0.2, 0) is 16.1 Å². The predicted octanol–water partition coefficient (Wildman–Crippen LogP) is 4.94. The van der Waals surface area contributed by atoms with Crippen molar-refractivity contribution in [3.8, 4) is 11.5 Å². The number of esters is 1. The zero-order chi connectivity index (χ0) is 25.8. The molecule has 2 aliphatic heterocycles. The molecule has 4 rings (SSSR count). The summed E-state index contributed by atoms with van der Waals surface area (Å²) in [6.45, 7) is 11.8. The number of piperidine rings is 1. The molecule has 0 saturated carbocycles. The van der Waals surface area contributed by atoms with Crippen molar-refractivity contribution in [2.45, 2.75) is 47.1 Å². The number of aromatic hydroxyl groups is 1. The van der Waals surface area contributed by atoms with Gasteiger partial charge in [0.2, 0.25) is 5.78 Å². The van der Waals surface area contributed by atoms with Crippen LogP contribution in [0.15, 0.2) is 36.1 Å². The molecule has 1 N–H and O–H groups in total. The highest BCUT2D eigenvalue weighted by atomic mass is 16.5. The molecule has 1 unspecified atom stereocenters. The number of allylic oxidation sites excluding steroid dienone is 1. The Balaban J connectivity index is 1.57. The van der Waals surface area contributed by atoms with E-state index in [1.165, 1.54) is 0 Å². The maximum absolute atomic E-state index is 13.3. The molecule has 0 aromatic heterocycles. The molecule has 0 amide bonds. The van der Waals surface area contributed by atoms with Crippen LogP contribution in [0.5, 0.6) is 11.5 Å². The standard InChI is InChI=1S/C29H36N2O5/c1-5-31(6-2)22-12-10-20(11-13-22)16-25-27(33)26-19(4)15-24(32)23(28(26)36-25)18-30-14-8-9-21(17-30)29(34)35-7-3/h10-13,15-16,21,32H,5-9,14,17-18H2,1-4H3/b25-16-. The van der Waals surface area contributed by atoms with Crippen molar-refractivity contribution in [2.75, 3.05) is 37.7 Å². The third kappa shape index (κ3) is 5.26. The minimum absolute atomic E-state index is 0.0992. The highest BCUT2D eigenvalue weighted by Gasteiger charge is 2.35. The topological polar surface area (TPSA) is 79.3 Å². The Morgan fingerprint density at radius 1 is 1.22 bits per heavy atom. The number of likely N-dealkylation sites (tertiary alicyclic amines) is 1. The number of ketones is 1. The first-order valence-electron chi connectivity index (χ1n) is 12.9. The Morgan fingerprint density at radius 3 is 2.61 bits per heavy atom. The first-order valence-corrected chi connectivity index (χ1v) is 12.9. The first-order chi connectivity index (χ1) is 17.4. The van der Waals surface area contributed by atoms with Crippen molar-refractivity contribution in [3.63, 3.8) is 0 Å². The Kier molecular flexibility index (Phi) is 7.99. The fourth-order valence-corrected chi connectivity index (χ4v) is 5.13. The minimum Gasteiger partial charge on any atom is -0.507 e. The van der Waals surface area contributed by atoms with Crippen LogP contribution in [0.1, 0.15) is 60.7 Å². The molecule has 2 aromatic rings. The number of phenols is 1. The summed E-state index contributed by atoms with van der Waals surface area (Å²) in [5.74, 6) is 0.225. The molecule has 0 spiro atoms. The van der Waals surface area contributed by atoms with E-state index in [2.05, 4.69) is 23.6 Å². The van der Waals surface area contributed by atoms with E-state index < -0.39 is 0 Å². The van der Waals surface area contributed by atoms with Crippen LogP contribution in [0.3, 0.4) is 0 Å². The lowest BCUT2D eigenvalue weighted by Gasteiger charge is -2.31. The van der Waals surface area contributed by atoms with Gasteiger partial charge in [0.25, 0.3) is 0 Å². The van der Waals surface area contributed by atoms with Crippen molar-refractivity contribution in [1.82, 2.24) is 4.90 Å². The molecule has 1 saturated heterocycles. The van der Waals surface area contributed by atoms with E-state index in [1.54, 1.807) is 12.1 Å². The zero-order valence-electron chi connectivity index (χ0n) is 21.7. The normalized spacial score (nSPS) is 18.7. The van der Waals surface area contributed by atoms with Gasteiger partial charge in [0.15, 0.2) is 5.76 Å². The number of hydrogen-bond donors (Lipinski definition) is 1. The van der Waals surface area contributed by atoms with Crippen LogP contribution < -0.4 is 9.64 Å². The number of fused-ring (bicyclic) bond motifs is 1. The van der Waals surface area contributed by atoms with Gasteiger partial charge in [0.1, 0.15) is 11.5 Å². The third-order valence-corrected chi connectivity index (χ3v) is 7.05. The molecule has 2 aromatic carbocycles. The lowest BCUT2D eigenvalue weighted by atomic mass is 9.96. The summed E-state index contributed by atoms with van der Waals surface area (Å²) in [4.78, 5) is 30.0. The van der Waals surface area contributed by atoms with Crippen LogP contribution in [0.2, 0.25) is 0 Å². The van der Waals surface area contributed by atoms with E-state index in [0.29, 0.717) is 42.1 Å². The van der Waals surface area contributed by atoms with Gasteiger partial charge in [-0.15, -0.1) is 0 Å². The smallest absolute Gasteiger partial charge is 0.310 e. The number of Topliss-reactive ketones (excluding diaryl/α,β-unsaturated/α-hetero) is 1. The van der Waals surface area contributed by atoms with Crippen molar-refractivity contribution in [2.24, 2.45) is 5.92 Å². The lowest BCUT2D eigenvalue weighted by molar-refractivity contribution is -0.150. The van der Waals surface area contributed by atoms with Crippen molar-refractivity contribution in [3.05, 3.63) is 58.3 Å². The van der Waals surface area contributed by atoms with Crippen molar-refractivity contribution < 1.29 is 24.2 Å². The maximum atomic E-state index is 13.3. The highest BCUT2D eigenvalue weighted by molar-refractivity contribution is 6.15. The number of carbonyl (C=O) groups excluding carboxylic acids is 2. The Labute approximate surface area is 213 Å². The van der Waals surface area contributed by atoms with Gasteiger partial charge in [-0.25, -0.2) is 0 Å². The van der Waals surface area contributed by atoms with Gasteiger partial charge in [-0.05, 0) is 82.5 Å². The molecule has 0 bridgehead atoms. The Hall–Kier alpha value is -3.32. The van der Waals surface area contributed by atoms with E-state index >= 15 is 0 Å². The molecule has 7 heteroatoms. The monoisotopic (exact) mass is 492 g/mol. The molecule has 7 nitrogen and oxygen atoms in total. The van der Waals surface area contributed by atoms with Gasteiger partial charge in [0.05, 0.1) is 23.7 Å². The molecule has 1 atom stereocenters. The highest BCUT2D eigenvalue weighted by Crippen LogP contribution is 2.42. The molecule has 192 valence electrons. The summed E-state index contributed by atoms with van der Waals surface area (Å²) < 4.78 is 11.3. The number of benzene rings is 2. The summed E-state index contributed by atoms with van der Waals surface area (Å²) in [6.07, 6.45) is 3.42. The minimum atomic E-state index is -0.184. The van der Waals surface area contributed by atoms with Crippen molar-refractivity contribution >= 4 is 23.5 Å². The van der Waals surface area contributed by atoms with Crippen LogP contribution in [0.25, 0.3) is 6.08 Å². The number of hydrogen-bond acceptors (Lipinski definition) is 7. The molecule has 0 radical (unpaired) electrons. The summed E-state index contributed by atoms with van der Waals surface area (Å²) in [5, 5.41) is 10.8. The first kappa shape index (κ1) is 25.8. The Bertz CT molecular complexity index is 1150. The fraction of sp³-hybridized carbons (Fsp3) is 0.448. The number of ether oxygens (including phenoxy) is 2. The summed E-state index contributed by atoms with van der Waals surface area (Å²) in [6, 6.07) is 9.68. The number of phenolic OH excluding ortho intramolecular Hbond substituents is 1. The largest absolute Gasteiger partial charge is 0.507 e. The second kappa shape index (κ2) is 11.2. The quantitative estimate of drug-likeness (QED) is 0.413. The number of carbonyl (C=O) groups is 2. The number of anilines is 1. The SMILES string of the molecule is CCOC(=O)C1CCCN(Cc2c(O)cc(C)c3c2O/C(=C\c2ccc(N(CC)CC)cc2)C3=O)C1. The molecular weight excluding hydrogens is 456 g/mol. The van der Waals surface area contributed by atoms with Gasteiger partial charge in [0, 0.05) is 31.9 Å². The fourth-order valence-electron chi connectivity index (χ4n) is 5.13. The molecule has 1 fully saturated rings. The molecular formula is C29H36N2O5. The maximum Gasteiger partial charge on any atom is 0.310 e.